The van der Waals surface area contributed by atoms with E-state index in [-0.39, 0.29) is 16.7 Å². The molecule has 3 heterocycles. The van der Waals surface area contributed by atoms with Gasteiger partial charge < -0.3 is 14.5 Å². The Morgan fingerprint density at radius 3 is 2.40 bits per heavy atom. The predicted octanol–water partition coefficient (Wildman–Crippen LogP) is 2.27. The van der Waals surface area contributed by atoms with Crippen LogP contribution in [-0.4, -0.2) is 23.9 Å². The van der Waals surface area contributed by atoms with Crippen molar-refractivity contribution in [2.75, 3.05) is 6.73 Å². The molecule has 0 aliphatic carbocycles. The number of quaternary nitrogens is 2. The molecule has 2 aromatic carbocycles. The van der Waals surface area contributed by atoms with Crippen LogP contribution in [0.3, 0.4) is 0 Å². The van der Waals surface area contributed by atoms with Gasteiger partial charge in [-0.2, -0.15) is 0 Å². The van der Waals surface area contributed by atoms with E-state index < -0.39 is 0 Å². The molecule has 0 spiro atoms. The van der Waals surface area contributed by atoms with Gasteiger partial charge in [0.2, 0.25) is 6.73 Å². The molecule has 5 nitrogen and oxygen atoms in total. The first kappa shape index (κ1) is 19.6. The lowest BCUT2D eigenvalue weighted by Gasteiger charge is -2.45. The lowest BCUT2D eigenvalue weighted by molar-refractivity contribution is -0.969. The summed E-state index contributed by atoms with van der Waals surface area (Å²) in [5, 5.41) is 5.12. The third-order valence-electron chi connectivity index (χ3n) is 6.89. The number of hydrogen-bond acceptors (Lipinski definition) is 3. The van der Waals surface area contributed by atoms with E-state index in [1.165, 1.54) is 23.3 Å². The van der Waals surface area contributed by atoms with Crippen LogP contribution < -0.4 is 20.6 Å². The number of aryl methyl sites for hydroxylation is 1. The minimum atomic E-state index is -0.285. The van der Waals surface area contributed by atoms with Crippen molar-refractivity contribution in [3.63, 3.8) is 0 Å². The van der Waals surface area contributed by atoms with Crippen molar-refractivity contribution in [3.8, 4) is 5.75 Å². The fourth-order valence-corrected chi connectivity index (χ4v) is 6.09. The molecular weight excluding hydrogens is 376 g/mol. The number of fused-ring (bicyclic) bond motifs is 4. The minimum Gasteiger partial charge on any atom is -0.444 e. The van der Waals surface area contributed by atoms with Gasteiger partial charge in [0.25, 0.3) is 0 Å². The third-order valence-corrected chi connectivity index (χ3v) is 6.89. The third kappa shape index (κ3) is 3.21. The summed E-state index contributed by atoms with van der Waals surface area (Å²) in [6.07, 6.45) is 2.35. The zero-order valence-corrected chi connectivity index (χ0v) is 18.6. The van der Waals surface area contributed by atoms with E-state index in [0.29, 0.717) is 23.7 Å². The molecule has 1 unspecified atom stereocenters. The van der Waals surface area contributed by atoms with Crippen LogP contribution in [0, 0.1) is 6.92 Å². The van der Waals surface area contributed by atoms with Crippen molar-refractivity contribution in [1.82, 2.24) is 0 Å². The summed E-state index contributed by atoms with van der Waals surface area (Å²) >= 11 is 0. The average Bonchev–Trinajstić information content (AvgIpc) is 2.67. The lowest BCUT2D eigenvalue weighted by Crippen LogP contribution is -3.20. The fourth-order valence-electron chi connectivity index (χ4n) is 6.09. The van der Waals surface area contributed by atoms with Gasteiger partial charge in [-0.15, -0.1) is 0 Å². The van der Waals surface area contributed by atoms with Gasteiger partial charge in [-0.3, -0.25) is 4.90 Å². The summed E-state index contributed by atoms with van der Waals surface area (Å²) in [7, 11) is 0. The van der Waals surface area contributed by atoms with Gasteiger partial charge in [0.1, 0.15) is 23.9 Å². The van der Waals surface area contributed by atoms with Gasteiger partial charge in [-0.25, -0.2) is 4.79 Å². The quantitative estimate of drug-likeness (QED) is 0.480. The first-order chi connectivity index (χ1) is 14.1. The highest BCUT2D eigenvalue weighted by Gasteiger charge is 2.46. The van der Waals surface area contributed by atoms with Crippen molar-refractivity contribution >= 4 is 21.7 Å². The average molecular weight is 409 g/mol. The number of nitrogens with one attached hydrogen (secondary N) is 1. The zero-order valence-electron chi connectivity index (χ0n) is 18.6. The van der Waals surface area contributed by atoms with Crippen LogP contribution >= 0.6 is 0 Å². The Bertz CT molecular complexity index is 1190. The number of hydrogen-bond donors (Lipinski definition) is 2. The van der Waals surface area contributed by atoms with E-state index in [4.69, 9.17) is 9.15 Å². The lowest BCUT2D eigenvalue weighted by atomic mass is 9.79. The Labute approximate surface area is 177 Å². The molecule has 5 heteroatoms. The SMILES string of the molecule is Cc1c2c(cc3c1oc(=O)c1ccccc13)C[NH+](C1CC(C)(C)[NH2+]C(C)(C)C1)CO2. The Balaban J connectivity index is 1.58. The van der Waals surface area contributed by atoms with Crippen LogP contribution in [0.2, 0.25) is 0 Å². The molecule has 30 heavy (non-hydrogen) atoms. The van der Waals surface area contributed by atoms with E-state index in [2.05, 4.69) is 39.1 Å². The molecule has 1 saturated heterocycles. The second-order valence-corrected chi connectivity index (χ2v) is 10.7. The second-order valence-electron chi connectivity index (χ2n) is 10.7. The molecule has 0 bridgehead atoms. The molecule has 0 radical (unpaired) electrons. The highest BCUT2D eigenvalue weighted by atomic mass is 16.5. The van der Waals surface area contributed by atoms with E-state index in [9.17, 15) is 4.79 Å². The summed E-state index contributed by atoms with van der Waals surface area (Å²) in [6.45, 7) is 13.0. The van der Waals surface area contributed by atoms with Gasteiger partial charge in [-0.05, 0) is 52.1 Å². The fraction of sp³-hybridized carbons (Fsp3) is 0.480. The smallest absolute Gasteiger partial charge is 0.344 e. The molecular formula is C25H32N2O3+2. The Kier molecular flexibility index (Phi) is 4.28. The summed E-state index contributed by atoms with van der Waals surface area (Å²) < 4.78 is 12.0. The van der Waals surface area contributed by atoms with Crippen molar-refractivity contribution < 1.29 is 19.4 Å². The van der Waals surface area contributed by atoms with Gasteiger partial charge in [-0.1, -0.05) is 18.2 Å². The molecule has 1 aromatic heterocycles. The van der Waals surface area contributed by atoms with Crippen molar-refractivity contribution in [2.45, 2.75) is 71.1 Å². The molecule has 158 valence electrons. The molecule has 1 fully saturated rings. The Hall–Kier alpha value is -2.37. The van der Waals surface area contributed by atoms with Crippen molar-refractivity contribution in [3.05, 3.63) is 51.9 Å². The summed E-state index contributed by atoms with van der Waals surface area (Å²) in [4.78, 5) is 14.0. The van der Waals surface area contributed by atoms with Gasteiger partial charge in [0, 0.05) is 16.5 Å². The van der Waals surface area contributed by atoms with Crippen molar-refractivity contribution in [2.24, 2.45) is 0 Å². The number of ether oxygens (including phenoxy) is 1. The van der Waals surface area contributed by atoms with E-state index >= 15 is 0 Å². The molecule has 0 saturated carbocycles. The molecule has 3 N–H and O–H groups in total. The maximum Gasteiger partial charge on any atom is 0.344 e. The van der Waals surface area contributed by atoms with Crippen LogP contribution in [-0.2, 0) is 6.54 Å². The largest absolute Gasteiger partial charge is 0.444 e. The molecule has 0 amide bonds. The maximum atomic E-state index is 12.5. The van der Waals surface area contributed by atoms with Crippen LogP contribution in [0.4, 0.5) is 0 Å². The van der Waals surface area contributed by atoms with Crippen LogP contribution in [0.25, 0.3) is 21.7 Å². The highest BCUT2D eigenvalue weighted by molar-refractivity contribution is 6.06. The molecule has 3 aromatic rings. The topological polar surface area (TPSA) is 60.5 Å². The molecule has 5 rings (SSSR count). The van der Waals surface area contributed by atoms with Crippen molar-refractivity contribution in [1.29, 1.82) is 0 Å². The Morgan fingerprint density at radius 2 is 1.70 bits per heavy atom. The van der Waals surface area contributed by atoms with Gasteiger partial charge in [0.15, 0.2) is 0 Å². The summed E-state index contributed by atoms with van der Waals surface area (Å²) in [5.41, 5.74) is 2.98. The van der Waals surface area contributed by atoms with Crippen LogP contribution in [0.1, 0.15) is 51.7 Å². The minimum absolute atomic E-state index is 0.235. The zero-order chi connectivity index (χ0) is 21.3. The predicted molar refractivity (Wildman–Crippen MR) is 118 cm³/mol. The van der Waals surface area contributed by atoms with E-state index in [0.717, 1.165) is 28.6 Å². The number of benzene rings is 2. The first-order valence-electron chi connectivity index (χ1n) is 11.0. The molecule has 2 aliphatic heterocycles. The molecule has 2 aliphatic rings. The standard InChI is InChI=1S/C25H30N2O3/c1-15-21-16(10-20-18-8-6-7-9-19(18)23(28)30-22(15)20)13-27(14-29-21)17-11-24(2,3)26-25(4,5)12-17/h6-10,17,26H,11-14H2,1-5H3/p+2. The first-order valence-corrected chi connectivity index (χ1v) is 11.0. The van der Waals surface area contributed by atoms with Crippen LogP contribution in [0.15, 0.2) is 39.5 Å². The molecule has 1 atom stereocenters. The monoisotopic (exact) mass is 408 g/mol. The van der Waals surface area contributed by atoms with Gasteiger partial charge >= 0.3 is 5.63 Å². The van der Waals surface area contributed by atoms with E-state index in [1.54, 1.807) is 0 Å². The maximum absolute atomic E-state index is 12.5. The normalized spacial score (nSPS) is 23.3. The number of nitrogens with two attached hydrogens (primary N) is 1. The number of rotatable bonds is 1. The summed E-state index contributed by atoms with van der Waals surface area (Å²) in [6, 6.07) is 10.5. The summed E-state index contributed by atoms with van der Waals surface area (Å²) in [5.74, 6) is 0.894. The highest BCUT2D eigenvalue weighted by Crippen LogP contribution is 2.35. The second kappa shape index (κ2) is 6.56. The number of piperidine rings is 1. The Morgan fingerprint density at radius 1 is 1.03 bits per heavy atom. The van der Waals surface area contributed by atoms with Gasteiger partial charge in [0.05, 0.1) is 29.3 Å². The van der Waals surface area contributed by atoms with E-state index in [1.807, 2.05) is 31.2 Å². The van der Waals surface area contributed by atoms with Crippen LogP contribution in [0.5, 0.6) is 5.75 Å².